The van der Waals surface area contributed by atoms with Crippen molar-refractivity contribution in [2.75, 3.05) is 38.8 Å². The Labute approximate surface area is 156 Å². The monoisotopic (exact) mass is 357 g/mol. The number of hydrogen-bond donors (Lipinski definition) is 0. The van der Waals surface area contributed by atoms with Crippen LogP contribution in [0.3, 0.4) is 0 Å². The summed E-state index contributed by atoms with van der Waals surface area (Å²) in [5.41, 5.74) is 1.49. The third-order valence-electron chi connectivity index (χ3n) is 5.05. The third kappa shape index (κ3) is 5.73. The first-order valence-corrected chi connectivity index (χ1v) is 10.7. The maximum atomic E-state index is 5.94. The van der Waals surface area contributed by atoms with Crippen LogP contribution in [0.2, 0.25) is 0 Å². The van der Waals surface area contributed by atoms with Crippen molar-refractivity contribution >= 4 is 22.5 Å². The molecule has 1 fully saturated rings. The molecule has 1 aliphatic heterocycles. The molecule has 0 spiro atoms. The molecule has 3 heteroatoms. The highest BCUT2D eigenvalue weighted by molar-refractivity contribution is 7.99. The first kappa shape index (κ1) is 18.8. The summed E-state index contributed by atoms with van der Waals surface area (Å²) in [5, 5.41) is 2.77. The predicted octanol–water partition coefficient (Wildman–Crippen LogP) is 4.86. The van der Waals surface area contributed by atoms with Crippen LogP contribution in [0.4, 0.5) is 0 Å². The van der Waals surface area contributed by atoms with Gasteiger partial charge in [0.2, 0.25) is 0 Å². The highest BCUT2D eigenvalue weighted by atomic mass is 32.2. The van der Waals surface area contributed by atoms with Crippen LogP contribution < -0.4 is 0 Å². The topological polar surface area (TPSA) is 12.5 Å². The van der Waals surface area contributed by atoms with Crippen molar-refractivity contribution in [2.24, 2.45) is 5.92 Å². The lowest BCUT2D eigenvalue weighted by Crippen LogP contribution is -2.19. The molecule has 2 aromatic carbocycles. The molecule has 1 aliphatic rings. The highest BCUT2D eigenvalue weighted by Gasteiger charge is 2.21. The summed E-state index contributed by atoms with van der Waals surface area (Å²) >= 11 is 2.10. The summed E-state index contributed by atoms with van der Waals surface area (Å²) in [6, 6.07) is 15.5. The van der Waals surface area contributed by atoms with E-state index in [4.69, 9.17) is 4.74 Å². The lowest BCUT2D eigenvalue weighted by atomic mass is 9.91. The van der Waals surface area contributed by atoms with Crippen molar-refractivity contribution in [3.05, 3.63) is 48.0 Å². The molecular formula is C22H31NOS. The van der Waals surface area contributed by atoms with E-state index in [0.29, 0.717) is 12.0 Å². The van der Waals surface area contributed by atoms with Gasteiger partial charge in [-0.25, -0.2) is 0 Å². The van der Waals surface area contributed by atoms with E-state index in [1.807, 2.05) is 0 Å². The Morgan fingerprint density at radius 2 is 2.00 bits per heavy atom. The second kappa shape index (κ2) is 9.61. The van der Waals surface area contributed by atoms with Crippen LogP contribution in [0.1, 0.15) is 24.8 Å². The molecule has 0 aliphatic carbocycles. The van der Waals surface area contributed by atoms with Gasteiger partial charge in [0.05, 0.1) is 6.10 Å². The number of ether oxygens (including phenoxy) is 1. The molecule has 0 saturated carbocycles. The average Bonchev–Trinajstić information content (AvgIpc) is 3.12. The fourth-order valence-electron chi connectivity index (χ4n) is 3.69. The Morgan fingerprint density at radius 3 is 2.80 bits per heavy atom. The number of rotatable bonds is 9. The van der Waals surface area contributed by atoms with Crippen molar-refractivity contribution in [3.8, 4) is 0 Å². The molecule has 1 heterocycles. The van der Waals surface area contributed by atoms with Gasteiger partial charge in [-0.3, -0.25) is 0 Å². The lowest BCUT2D eigenvalue weighted by molar-refractivity contribution is 0.0924. The molecule has 0 radical (unpaired) electrons. The SMILES string of the molecule is CN(C)CCSCC(Cc1cccc2ccccc12)CC1CCCO1. The second-order valence-corrected chi connectivity index (χ2v) is 8.61. The van der Waals surface area contributed by atoms with E-state index in [-0.39, 0.29) is 0 Å². The van der Waals surface area contributed by atoms with Crippen LogP contribution in [-0.4, -0.2) is 49.8 Å². The number of thioether (sulfide) groups is 1. The Kier molecular flexibility index (Phi) is 7.21. The van der Waals surface area contributed by atoms with E-state index >= 15 is 0 Å². The summed E-state index contributed by atoms with van der Waals surface area (Å²) < 4.78 is 5.94. The van der Waals surface area contributed by atoms with Gasteiger partial charge in [-0.05, 0) is 67.8 Å². The van der Waals surface area contributed by atoms with Crippen LogP contribution in [-0.2, 0) is 11.2 Å². The van der Waals surface area contributed by atoms with Gasteiger partial charge in [0.15, 0.2) is 0 Å². The van der Waals surface area contributed by atoms with E-state index in [2.05, 4.69) is 73.2 Å². The van der Waals surface area contributed by atoms with Crippen LogP contribution >= 0.6 is 11.8 Å². The first-order valence-electron chi connectivity index (χ1n) is 9.53. The van der Waals surface area contributed by atoms with Crippen LogP contribution in [0.15, 0.2) is 42.5 Å². The van der Waals surface area contributed by atoms with E-state index in [9.17, 15) is 0 Å². The zero-order chi connectivity index (χ0) is 17.5. The van der Waals surface area contributed by atoms with Crippen molar-refractivity contribution in [1.82, 2.24) is 4.90 Å². The molecule has 2 nitrogen and oxygen atoms in total. The molecule has 0 bridgehead atoms. The van der Waals surface area contributed by atoms with E-state index in [1.54, 1.807) is 0 Å². The average molecular weight is 358 g/mol. The fourth-order valence-corrected chi connectivity index (χ4v) is 4.94. The van der Waals surface area contributed by atoms with Gasteiger partial charge in [-0.15, -0.1) is 0 Å². The number of nitrogens with zero attached hydrogens (tertiary/aromatic N) is 1. The molecule has 0 amide bonds. The quantitative estimate of drug-likeness (QED) is 0.595. The molecule has 2 unspecified atom stereocenters. The zero-order valence-corrected chi connectivity index (χ0v) is 16.4. The molecular weight excluding hydrogens is 326 g/mol. The normalized spacial score (nSPS) is 18.9. The molecule has 0 aromatic heterocycles. The smallest absolute Gasteiger partial charge is 0.0579 e. The van der Waals surface area contributed by atoms with Gasteiger partial charge >= 0.3 is 0 Å². The van der Waals surface area contributed by atoms with Crippen molar-refractivity contribution in [2.45, 2.75) is 31.8 Å². The molecule has 25 heavy (non-hydrogen) atoms. The molecule has 3 rings (SSSR count). The summed E-state index contributed by atoms with van der Waals surface area (Å²) in [7, 11) is 4.31. The van der Waals surface area contributed by atoms with Gasteiger partial charge in [0.1, 0.15) is 0 Å². The summed E-state index contributed by atoms with van der Waals surface area (Å²) in [5.74, 6) is 3.14. The molecule has 0 N–H and O–H groups in total. The van der Waals surface area contributed by atoms with Gasteiger partial charge < -0.3 is 9.64 Å². The Balaban J connectivity index is 1.66. The maximum absolute atomic E-state index is 5.94. The standard InChI is InChI=1S/C22H31NOS/c1-23(2)12-14-25-17-18(16-21-10-6-13-24-21)15-20-9-5-8-19-7-3-4-11-22(19)20/h3-5,7-9,11,18,21H,6,10,12-17H2,1-2H3. The summed E-state index contributed by atoms with van der Waals surface area (Å²) in [4.78, 5) is 2.27. The fraction of sp³-hybridized carbons (Fsp3) is 0.545. The molecule has 1 saturated heterocycles. The van der Waals surface area contributed by atoms with E-state index < -0.39 is 0 Å². The van der Waals surface area contributed by atoms with Crippen LogP contribution in [0.25, 0.3) is 10.8 Å². The van der Waals surface area contributed by atoms with Gasteiger partial charge in [-0.2, -0.15) is 11.8 Å². The van der Waals surface area contributed by atoms with Crippen LogP contribution in [0, 0.1) is 5.92 Å². The summed E-state index contributed by atoms with van der Waals surface area (Å²) in [6.45, 7) is 2.12. The maximum Gasteiger partial charge on any atom is 0.0579 e. The largest absolute Gasteiger partial charge is 0.378 e. The number of benzene rings is 2. The van der Waals surface area contributed by atoms with Crippen molar-refractivity contribution in [1.29, 1.82) is 0 Å². The summed E-state index contributed by atoms with van der Waals surface area (Å²) in [6.07, 6.45) is 5.33. The minimum atomic E-state index is 0.481. The lowest BCUT2D eigenvalue weighted by Gasteiger charge is -2.21. The van der Waals surface area contributed by atoms with Gasteiger partial charge in [0.25, 0.3) is 0 Å². The second-order valence-electron chi connectivity index (χ2n) is 7.46. The first-order chi connectivity index (χ1) is 12.2. The zero-order valence-electron chi connectivity index (χ0n) is 15.6. The van der Waals surface area contributed by atoms with Crippen LogP contribution in [0.5, 0.6) is 0 Å². The van der Waals surface area contributed by atoms with E-state index in [1.165, 1.54) is 47.1 Å². The van der Waals surface area contributed by atoms with Crippen molar-refractivity contribution in [3.63, 3.8) is 0 Å². The Morgan fingerprint density at radius 1 is 1.16 bits per heavy atom. The third-order valence-corrected chi connectivity index (χ3v) is 6.22. The molecule has 2 atom stereocenters. The number of hydrogen-bond acceptors (Lipinski definition) is 3. The Hall–Kier alpha value is -1.03. The van der Waals surface area contributed by atoms with Crippen molar-refractivity contribution < 1.29 is 4.74 Å². The van der Waals surface area contributed by atoms with Gasteiger partial charge in [0, 0.05) is 18.9 Å². The van der Waals surface area contributed by atoms with E-state index in [0.717, 1.165) is 19.6 Å². The number of fused-ring (bicyclic) bond motifs is 1. The Bertz CT molecular complexity index is 646. The molecule has 2 aromatic rings. The minimum absolute atomic E-state index is 0.481. The molecule has 136 valence electrons. The van der Waals surface area contributed by atoms with Gasteiger partial charge in [-0.1, -0.05) is 42.5 Å². The highest BCUT2D eigenvalue weighted by Crippen LogP contribution is 2.28. The predicted molar refractivity (Wildman–Crippen MR) is 111 cm³/mol. The minimum Gasteiger partial charge on any atom is -0.378 e.